The van der Waals surface area contributed by atoms with Crippen molar-refractivity contribution in [1.29, 1.82) is 0 Å². The Kier molecular flexibility index (Phi) is 5.99. The van der Waals surface area contributed by atoms with Gasteiger partial charge in [-0.25, -0.2) is 0 Å². The van der Waals surface area contributed by atoms with Gasteiger partial charge in [0, 0.05) is 5.75 Å². The summed E-state index contributed by atoms with van der Waals surface area (Å²) in [6.07, 6.45) is 0. The van der Waals surface area contributed by atoms with Crippen LogP contribution in [0.15, 0.2) is 84.9 Å². The summed E-state index contributed by atoms with van der Waals surface area (Å²) in [5, 5.41) is 9.29. The Morgan fingerprint density at radius 2 is 1.33 bits per heavy atom. The van der Waals surface area contributed by atoms with Crippen molar-refractivity contribution in [1.82, 2.24) is 0 Å². The van der Waals surface area contributed by atoms with Crippen LogP contribution in [-0.4, -0.2) is 22.9 Å². The lowest BCUT2D eigenvalue weighted by atomic mass is 9.84. The first-order valence-electron chi connectivity index (χ1n) is 8.84. The largest absolute Gasteiger partial charge is 0.480 e. The highest BCUT2D eigenvalue weighted by atomic mass is 32.2. The summed E-state index contributed by atoms with van der Waals surface area (Å²) in [5.41, 5.74) is 10.3. The third kappa shape index (κ3) is 4.07. The molecule has 0 unspecified atom stereocenters. The fourth-order valence-electron chi connectivity index (χ4n) is 3.17. The van der Waals surface area contributed by atoms with Gasteiger partial charge in [-0.3, -0.25) is 4.79 Å². The molecule has 138 valence electrons. The average molecular weight is 378 g/mol. The van der Waals surface area contributed by atoms with Crippen molar-refractivity contribution in [3.63, 3.8) is 0 Å². The van der Waals surface area contributed by atoms with Gasteiger partial charge < -0.3 is 10.8 Å². The summed E-state index contributed by atoms with van der Waals surface area (Å²) in [6, 6.07) is 27.9. The zero-order valence-electron chi connectivity index (χ0n) is 15.2. The number of benzene rings is 3. The lowest BCUT2D eigenvalue weighted by molar-refractivity contribution is -0.137. The predicted octanol–water partition coefficient (Wildman–Crippen LogP) is 4.43. The highest BCUT2D eigenvalue weighted by Crippen LogP contribution is 2.48. The van der Waals surface area contributed by atoms with Gasteiger partial charge in [-0.2, -0.15) is 0 Å². The average Bonchev–Trinajstić information content (AvgIpc) is 2.71. The van der Waals surface area contributed by atoms with E-state index in [0.717, 1.165) is 16.7 Å². The van der Waals surface area contributed by atoms with Gasteiger partial charge in [0.15, 0.2) is 0 Å². The first-order valence-corrected chi connectivity index (χ1v) is 9.83. The van der Waals surface area contributed by atoms with Crippen LogP contribution in [0.4, 0.5) is 0 Å². The van der Waals surface area contributed by atoms with E-state index < -0.39 is 16.8 Å². The Labute approximate surface area is 164 Å². The van der Waals surface area contributed by atoms with E-state index in [0.29, 0.717) is 5.75 Å². The number of carboxylic acids is 1. The first kappa shape index (κ1) is 19.2. The zero-order valence-corrected chi connectivity index (χ0v) is 16.0. The number of hydrogen-bond donors (Lipinski definition) is 2. The standard InChI is InChI=1S/C23H23NO2S/c1-17-12-14-20(15-13-17)23(18-8-4-2-5-9-18,19-10-6-3-7-11-19)27-16-21(24)22(25)26/h2-15,21H,16,24H2,1H3,(H,25,26)/t21-/m1/s1. The van der Waals surface area contributed by atoms with E-state index in [1.165, 1.54) is 5.56 Å². The molecule has 0 saturated heterocycles. The van der Waals surface area contributed by atoms with Crippen molar-refractivity contribution < 1.29 is 9.90 Å². The van der Waals surface area contributed by atoms with Crippen molar-refractivity contribution in [2.45, 2.75) is 17.7 Å². The molecule has 3 aromatic carbocycles. The fraction of sp³-hybridized carbons (Fsp3) is 0.174. The number of rotatable bonds is 7. The Balaban J connectivity index is 2.21. The molecule has 0 aliphatic rings. The van der Waals surface area contributed by atoms with Crippen LogP contribution in [-0.2, 0) is 9.54 Å². The molecule has 0 spiro atoms. The van der Waals surface area contributed by atoms with E-state index in [9.17, 15) is 9.90 Å². The molecule has 3 aromatic rings. The Bertz CT molecular complexity index is 840. The second-order valence-corrected chi connectivity index (χ2v) is 7.77. The van der Waals surface area contributed by atoms with Crippen LogP contribution in [0.2, 0.25) is 0 Å². The first-order chi connectivity index (χ1) is 13.0. The summed E-state index contributed by atoms with van der Waals surface area (Å²) in [7, 11) is 0. The number of aliphatic carboxylic acids is 1. The quantitative estimate of drug-likeness (QED) is 0.598. The molecule has 27 heavy (non-hydrogen) atoms. The van der Waals surface area contributed by atoms with Crippen LogP contribution >= 0.6 is 11.8 Å². The van der Waals surface area contributed by atoms with Crippen molar-refractivity contribution in [3.8, 4) is 0 Å². The molecule has 0 radical (unpaired) electrons. The fourth-order valence-corrected chi connectivity index (χ4v) is 4.65. The summed E-state index contributed by atoms with van der Waals surface area (Å²) < 4.78 is -0.538. The molecule has 0 amide bonds. The van der Waals surface area contributed by atoms with E-state index in [1.54, 1.807) is 11.8 Å². The van der Waals surface area contributed by atoms with Crippen LogP contribution in [0.25, 0.3) is 0 Å². The molecular formula is C23H23NO2S. The minimum Gasteiger partial charge on any atom is -0.480 e. The molecule has 0 bridgehead atoms. The monoisotopic (exact) mass is 377 g/mol. The smallest absolute Gasteiger partial charge is 0.321 e. The van der Waals surface area contributed by atoms with E-state index in [-0.39, 0.29) is 0 Å². The Morgan fingerprint density at radius 3 is 1.78 bits per heavy atom. The van der Waals surface area contributed by atoms with Crippen molar-refractivity contribution in [3.05, 3.63) is 107 Å². The van der Waals surface area contributed by atoms with Gasteiger partial charge in [0.2, 0.25) is 0 Å². The van der Waals surface area contributed by atoms with Crippen LogP contribution in [0, 0.1) is 6.92 Å². The van der Waals surface area contributed by atoms with Crippen molar-refractivity contribution in [2.75, 3.05) is 5.75 Å². The van der Waals surface area contributed by atoms with Gasteiger partial charge in [-0.1, -0.05) is 90.5 Å². The van der Waals surface area contributed by atoms with Gasteiger partial charge >= 0.3 is 5.97 Å². The van der Waals surface area contributed by atoms with E-state index in [2.05, 4.69) is 55.5 Å². The molecule has 0 aliphatic heterocycles. The molecule has 0 fully saturated rings. The number of thioether (sulfide) groups is 1. The van der Waals surface area contributed by atoms with Gasteiger partial charge in [0.05, 0.1) is 4.75 Å². The highest BCUT2D eigenvalue weighted by Gasteiger charge is 2.37. The molecule has 3 N–H and O–H groups in total. The van der Waals surface area contributed by atoms with Crippen molar-refractivity contribution in [2.24, 2.45) is 5.73 Å². The topological polar surface area (TPSA) is 63.3 Å². The molecule has 1 atom stereocenters. The van der Waals surface area contributed by atoms with Crippen LogP contribution in [0.3, 0.4) is 0 Å². The molecule has 0 heterocycles. The van der Waals surface area contributed by atoms with Gasteiger partial charge in [0.25, 0.3) is 0 Å². The van der Waals surface area contributed by atoms with E-state index in [4.69, 9.17) is 5.73 Å². The number of aryl methyl sites for hydroxylation is 1. The molecule has 3 nitrogen and oxygen atoms in total. The van der Waals surface area contributed by atoms with E-state index in [1.807, 2.05) is 36.4 Å². The third-order valence-electron chi connectivity index (χ3n) is 4.62. The molecule has 0 saturated carbocycles. The summed E-state index contributed by atoms with van der Waals surface area (Å²) >= 11 is 1.56. The minimum atomic E-state index is -0.985. The number of nitrogens with two attached hydrogens (primary N) is 1. The normalized spacial score (nSPS) is 12.5. The second kappa shape index (κ2) is 8.42. The molecule has 0 aliphatic carbocycles. The lowest BCUT2D eigenvalue weighted by Gasteiger charge is -2.36. The van der Waals surface area contributed by atoms with Gasteiger partial charge in [-0.15, -0.1) is 11.8 Å². The van der Waals surface area contributed by atoms with Crippen LogP contribution in [0.1, 0.15) is 22.3 Å². The predicted molar refractivity (Wildman–Crippen MR) is 112 cm³/mol. The third-order valence-corrected chi connectivity index (χ3v) is 6.28. The van der Waals surface area contributed by atoms with E-state index >= 15 is 0 Å². The van der Waals surface area contributed by atoms with Gasteiger partial charge in [0.1, 0.15) is 6.04 Å². The molecular weight excluding hydrogens is 354 g/mol. The zero-order chi connectivity index (χ0) is 19.3. The summed E-state index contributed by atoms with van der Waals surface area (Å²) in [5.74, 6) is -0.686. The summed E-state index contributed by atoms with van der Waals surface area (Å²) in [6.45, 7) is 2.06. The van der Waals surface area contributed by atoms with Crippen LogP contribution in [0.5, 0.6) is 0 Å². The number of carboxylic acid groups (broad SMARTS) is 1. The SMILES string of the molecule is Cc1ccc(C(SC[C@@H](N)C(=O)O)(c2ccccc2)c2ccccc2)cc1. The van der Waals surface area contributed by atoms with Crippen molar-refractivity contribution >= 4 is 17.7 Å². The summed E-state index contributed by atoms with van der Waals surface area (Å²) in [4.78, 5) is 11.3. The molecule has 3 rings (SSSR count). The Morgan fingerprint density at radius 1 is 0.889 bits per heavy atom. The minimum absolute atomic E-state index is 0.299. The maximum Gasteiger partial charge on any atom is 0.321 e. The molecule has 4 heteroatoms. The Hall–Kier alpha value is -2.56. The maximum absolute atomic E-state index is 11.3. The maximum atomic E-state index is 11.3. The second-order valence-electron chi connectivity index (χ2n) is 6.53. The number of hydrogen-bond acceptors (Lipinski definition) is 3. The highest BCUT2D eigenvalue weighted by molar-refractivity contribution is 8.00. The lowest BCUT2D eigenvalue weighted by Crippen LogP contribution is -2.36. The van der Waals surface area contributed by atoms with Gasteiger partial charge in [-0.05, 0) is 23.6 Å². The number of carbonyl (C=O) groups is 1. The van der Waals surface area contributed by atoms with Crippen LogP contribution < -0.4 is 5.73 Å². The molecule has 0 aromatic heterocycles.